The zero-order valence-corrected chi connectivity index (χ0v) is 22.3. The van der Waals surface area contributed by atoms with Gasteiger partial charge >= 0.3 is 18.3 Å². The topological polar surface area (TPSA) is 93.3 Å². The molecule has 5 rings (SSSR count). The Morgan fingerprint density at radius 3 is 2.21 bits per heavy atom. The third-order valence-electron chi connectivity index (χ3n) is 6.61. The van der Waals surface area contributed by atoms with E-state index in [1.165, 1.54) is 11.6 Å². The molecule has 7 nitrogen and oxygen atoms in total. The van der Waals surface area contributed by atoms with Crippen LogP contribution in [0.25, 0.3) is 33.5 Å². The summed E-state index contributed by atoms with van der Waals surface area (Å²) in [6, 6.07) is 19.9. The second kappa shape index (κ2) is 13.4. The van der Waals surface area contributed by atoms with E-state index >= 15 is 0 Å². The summed E-state index contributed by atoms with van der Waals surface area (Å²) < 4.78 is 70.7. The number of carboxylic acid groups (broad SMARTS) is 1. The maximum Gasteiger partial charge on any atom is 0.490 e. The summed E-state index contributed by atoms with van der Waals surface area (Å²) in [6.45, 7) is 7.18. The number of carbonyl (C=O) groups is 1. The van der Waals surface area contributed by atoms with Gasteiger partial charge in [-0.3, -0.25) is 4.90 Å². The van der Waals surface area contributed by atoms with E-state index in [4.69, 9.17) is 9.90 Å². The highest BCUT2D eigenvalue weighted by Crippen LogP contribution is 2.32. The lowest BCUT2D eigenvalue weighted by Crippen LogP contribution is -2.45. The maximum absolute atomic E-state index is 13.0. The number of halogens is 6. The SMILES string of the molecule is FC(F)(F)c1ccc2nc(-c3ccc(-c4cccc(CNCCN5CCNCC5)c4)cc3)[nH]c2c1.O=C(O)C(F)(F)F. The molecular weight excluding hydrogens is 564 g/mol. The molecule has 13 heteroatoms. The first-order valence-electron chi connectivity index (χ1n) is 13.1. The van der Waals surface area contributed by atoms with Crippen molar-refractivity contribution in [3.8, 4) is 22.5 Å². The van der Waals surface area contributed by atoms with Gasteiger partial charge in [0.2, 0.25) is 0 Å². The summed E-state index contributed by atoms with van der Waals surface area (Å²) in [5.41, 5.74) is 4.44. The van der Waals surface area contributed by atoms with Crippen LogP contribution in [0.15, 0.2) is 66.7 Å². The van der Waals surface area contributed by atoms with Gasteiger partial charge in [0, 0.05) is 51.4 Å². The van der Waals surface area contributed by atoms with Gasteiger partial charge in [0.15, 0.2) is 0 Å². The summed E-state index contributed by atoms with van der Waals surface area (Å²) in [4.78, 5) is 18.8. The van der Waals surface area contributed by atoms with Crippen LogP contribution in [0.2, 0.25) is 0 Å². The Bertz CT molecular complexity index is 1480. The lowest BCUT2D eigenvalue weighted by atomic mass is 10.0. The van der Waals surface area contributed by atoms with E-state index in [-0.39, 0.29) is 0 Å². The number of piperazine rings is 1. The number of hydrogen-bond acceptors (Lipinski definition) is 5. The molecule has 4 N–H and O–H groups in total. The Labute approximate surface area is 237 Å². The van der Waals surface area contributed by atoms with Crippen LogP contribution < -0.4 is 10.6 Å². The normalized spacial score (nSPS) is 14.4. The van der Waals surface area contributed by atoms with Gasteiger partial charge in [0.05, 0.1) is 16.6 Å². The molecule has 1 aromatic heterocycles. The highest BCUT2D eigenvalue weighted by Gasteiger charge is 2.38. The molecule has 42 heavy (non-hydrogen) atoms. The number of benzene rings is 3. The van der Waals surface area contributed by atoms with Crippen molar-refractivity contribution in [1.29, 1.82) is 0 Å². The van der Waals surface area contributed by atoms with Gasteiger partial charge < -0.3 is 20.7 Å². The lowest BCUT2D eigenvalue weighted by Gasteiger charge is -2.27. The highest BCUT2D eigenvalue weighted by atomic mass is 19.4. The number of nitrogens with one attached hydrogen (secondary N) is 3. The van der Waals surface area contributed by atoms with Gasteiger partial charge in [0.25, 0.3) is 0 Å². The molecule has 0 radical (unpaired) electrons. The number of hydrogen-bond donors (Lipinski definition) is 4. The van der Waals surface area contributed by atoms with E-state index in [2.05, 4.69) is 49.8 Å². The number of nitrogens with zero attached hydrogens (tertiary/aromatic N) is 2. The number of aromatic amines is 1. The van der Waals surface area contributed by atoms with Crippen molar-refractivity contribution in [3.05, 3.63) is 77.9 Å². The molecule has 0 bridgehead atoms. The van der Waals surface area contributed by atoms with Crippen molar-refractivity contribution >= 4 is 17.0 Å². The first-order valence-corrected chi connectivity index (χ1v) is 13.1. The van der Waals surface area contributed by atoms with Crippen molar-refractivity contribution in [1.82, 2.24) is 25.5 Å². The monoisotopic (exact) mass is 593 g/mol. The van der Waals surface area contributed by atoms with Crippen LogP contribution in [0.3, 0.4) is 0 Å². The number of fused-ring (bicyclic) bond motifs is 1. The Hall–Kier alpha value is -3.94. The number of aliphatic carboxylic acids is 1. The van der Waals surface area contributed by atoms with E-state index in [0.29, 0.717) is 16.9 Å². The minimum atomic E-state index is -5.08. The van der Waals surface area contributed by atoms with Crippen LogP contribution in [0.5, 0.6) is 0 Å². The summed E-state index contributed by atoms with van der Waals surface area (Å²) in [6.07, 6.45) is -9.46. The van der Waals surface area contributed by atoms with E-state index in [1.807, 2.05) is 24.3 Å². The van der Waals surface area contributed by atoms with Gasteiger partial charge in [-0.2, -0.15) is 26.3 Å². The molecular formula is C29H29F6N5O2. The van der Waals surface area contributed by atoms with Gasteiger partial charge in [-0.15, -0.1) is 0 Å². The third-order valence-corrected chi connectivity index (χ3v) is 6.61. The molecule has 0 aliphatic carbocycles. The van der Waals surface area contributed by atoms with Crippen molar-refractivity contribution < 1.29 is 36.2 Å². The third kappa shape index (κ3) is 8.54. The molecule has 0 unspecified atom stereocenters. The average molecular weight is 594 g/mol. The summed E-state index contributed by atoms with van der Waals surface area (Å²) in [5.74, 6) is -2.21. The molecule has 0 spiro atoms. The van der Waals surface area contributed by atoms with Gasteiger partial charge in [-0.05, 0) is 41.0 Å². The fourth-order valence-electron chi connectivity index (χ4n) is 4.41. The number of rotatable bonds is 7. The smallest absolute Gasteiger partial charge is 0.475 e. The Morgan fingerprint density at radius 2 is 1.57 bits per heavy atom. The van der Waals surface area contributed by atoms with E-state index in [9.17, 15) is 26.3 Å². The van der Waals surface area contributed by atoms with Crippen molar-refractivity contribution in [3.63, 3.8) is 0 Å². The summed E-state index contributed by atoms with van der Waals surface area (Å²) in [7, 11) is 0. The minimum Gasteiger partial charge on any atom is -0.475 e. The number of imidazole rings is 1. The predicted molar refractivity (Wildman–Crippen MR) is 147 cm³/mol. The largest absolute Gasteiger partial charge is 0.490 e. The minimum absolute atomic E-state index is 0.371. The predicted octanol–water partition coefficient (Wildman–Crippen LogP) is 5.54. The van der Waals surface area contributed by atoms with Crippen molar-refractivity contribution in [2.75, 3.05) is 39.3 Å². The number of alkyl halides is 6. The van der Waals surface area contributed by atoms with Crippen LogP contribution >= 0.6 is 0 Å². The molecule has 1 aliphatic heterocycles. The highest BCUT2D eigenvalue weighted by molar-refractivity contribution is 5.80. The molecule has 4 aromatic rings. The second-order valence-corrected chi connectivity index (χ2v) is 9.66. The Kier molecular flexibility index (Phi) is 9.86. The maximum atomic E-state index is 13.0. The van der Waals surface area contributed by atoms with Crippen LogP contribution in [0.4, 0.5) is 26.3 Å². The van der Waals surface area contributed by atoms with Crippen molar-refractivity contribution in [2.45, 2.75) is 18.9 Å². The van der Waals surface area contributed by atoms with Crippen molar-refractivity contribution in [2.24, 2.45) is 0 Å². The number of H-pyrrole nitrogens is 1. The molecule has 1 aliphatic rings. The molecule has 0 saturated carbocycles. The van der Waals surface area contributed by atoms with Crippen LogP contribution in [-0.4, -0.2) is 71.4 Å². The fraction of sp³-hybridized carbons (Fsp3) is 0.310. The van der Waals surface area contributed by atoms with E-state index < -0.39 is 23.9 Å². The first-order chi connectivity index (χ1) is 19.9. The van der Waals surface area contributed by atoms with Gasteiger partial charge in [-0.25, -0.2) is 9.78 Å². The Morgan fingerprint density at radius 1 is 0.905 bits per heavy atom. The molecule has 1 fully saturated rings. The Balaban J connectivity index is 0.000000517. The lowest BCUT2D eigenvalue weighted by molar-refractivity contribution is -0.192. The molecule has 1 saturated heterocycles. The van der Waals surface area contributed by atoms with E-state index in [0.717, 1.165) is 74.6 Å². The standard InChI is InChI=1S/C27H28F3N5.C2HF3O2/c28-27(29,30)23-8-9-24-25(17-23)34-26(33-24)21-6-4-20(5-7-21)22-3-1-2-19(16-22)18-32-12-15-35-13-10-31-11-14-35;3-2(4,5)1(6)7/h1-9,16-17,31-32H,10-15,18H2,(H,33,34);(H,6,7). The molecule has 224 valence electrons. The molecule has 3 aromatic carbocycles. The van der Waals surface area contributed by atoms with Gasteiger partial charge in [0.1, 0.15) is 5.82 Å². The van der Waals surface area contributed by atoms with Crippen LogP contribution in [0.1, 0.15) is 11.1 Å². The quantitative estimate of drug-likeness (QED) is 0.166. The zero-order chi connectivity index (χ0) is 30.3. The summed E-state index contributed by atoms with van der Waals surface area (Å²) >= 11 is 0. The van der Waals surface area contributed by atoms with Crippen LogP contribution in [0, 0.1) is 0 Å². The summed E-state index contributed by atoms with van der Waals surface area (Å²) in [5, 5.41) is 14.0. The second-order valence-electron chi connectivity index (χ2n) is 9.66. The first kappa shape index (κ1) is 31.0. The fourth-order valence-corrected chi connectivity index (χ4v) is 4.41. The average Bonchev–Trinajstić information content (AvgIpc) is 3.39. The molecule has 0 amide bonds. The van der Waals surface area contributed by atoms with Crippen LogP contribution in [-0.2, 0) is 17.5 Å². The van der Waals surface area contributed by atoms with E-state index in [1.54, 1.807) is 0 Å². The number of carboxylic acids is 1. The molecule has 0 atom stereocenters. The van der Waals surface area contributed by atoms with Gasteiger partial charge in [-0.1, -0.05) is 42.5 Å². The molecule has 2 heterocycles. The number of aromatic nitrogens is 2. The zero-order valence-electron chi connectivity index (χ0n) is 22.3.